The van der Waals surface area contributed by atoms with Crippen LogP contribution in [0, 0.1) is 11.8 Å². The van der Waals surface area contributed by atoms with Crippen LogP contribution in [0.15, 0.2) is 0 Å². The summed E-state index contributed by atoms with van der Waals surface area (Å²) >= 11 is 0. The Morgan fingerprint density at radius 2 is 1.71 bits per heavy atom. The van der Waals surface area contributed by atoms with Crippen LogP contribution in [0.2, 0.25) is 0 Å². The molecule has 1 saturated heterocycles. The summed E-state index contributed by atoms with van der Waals surface area (Å²) in [6, 6.07) is 0.743. The molecule has 2 fully saturated rings. The topological polar surface area (TPSA) is 32.5 Å². The summed E-state index contributed by atoms with van der Waals surface area (Å²) in [7, 11) is 2.36. The van der Waals surface area contributed by atoms with Gasteiger partial charge >= 0.3 is 0 Å². The highest BCUT2D eigenvalue weighted by Crippen LogP contribution is 2.40. The SMILES string of the molecule is CCN1CCC(N(C)C2(CN)CCC(C(C)C)CC2)CC1. The molecular formula is C18H37N3. The molecule has 0 unspecified atom stereocenters. The van der Waals surface area contributed by atoms with Crippen molar-refractivity contribution in [2.24, 2.45) is 17.6 Å². The first-order valence-corrected chi connectivity index (χ1v) is 9.17. The molecule has 1 aliphatic heterocycles. The van der Waals surface area contributed by atoms with Gasteiger partial charge in [-0.1, -0.05) is 20.8 Å². The van der Waals surface area contributed by atoms with Gasteiger partial charge in [0.1, 0.15) is 0 Å². The molecule has 2 aliphatic rings. The molecule has 0 bridgehead atoms. The maximum Gasteiger partial charge on any atom is 0.0331 e. The molecule has 0 aromatic rings. The quantitative estimate of drug-likeness (QED) is 0.846. The minimum absolute atomic E-state index is 0.282. The van der Waals surface area contributed by atoms with E-state index in [2.05, 4.69) is 37.6 Å². The summed E-state index contributed by atoms with van der Waals surface area (Å²) < 4.78 is 0. The predicted molar refractivity (Wildman–Crippen MR) is 91.5 cm³/mol. The van der Waals surface area contributed by atoms with Crippen molar-refractivity contribution in [2.45, 2.75) is 70.9 Å². The van der Waals surface area contributed by atoms with Gasteiger partial charge in [-0.15, -0.1) is 0 Å². The van der Waals surface area contributed by atoms with Crippen molar-refractivity contribution in [3.8, 4) is 0 Å². The van der Waals surface area contributed by atoms with E-state index in [-0.39, 0.29) is 5.54 Å². The Bertz CT molecular complexity index is 300. The van der Waals surface area contributed by atoms with Crippen LogP contribution in [0.3, 0.4) is 0 Å². The van der Waals surface area contributed by atoms with Gasteiger partial charge < -0.3 is 10.6 Å². The maximum absolute atomic E-state index is 6.27. The van der Waals surface area contributed by atoms with E-state index >= 15 is 0 Å². The lowest BCUT2D eigenvalue weighted by atomic mass is 9.71. The van der Waals surface area contributed by atoms with Crippen molar-refractivity contribution in [1.29, 1.82) is 0 Å². The Labute approximate surface area is 132 Å². The maximum atomic E-state index is 6.27. The Balaban J connectivity index is 1.94. The van der Waals surface area contributed by atoms with Gasteiger partial charge in [0, 0.05) is 18.1 Å². The molecule has 1 aliphatic carbocycles. The average Bonchev–Trinajstić information content (AvgIpc) is 2.54. The zero-order valence-electron chi connectivity index (χ0n) is 14.8. The molecular weight excluding hydrogens is 258 g/mol. The number of rotatable bonds is 5. The third-order valence-corrected chi connectivity index (χ3v) is 6.58. The first-order chi connectivity index (χ1) is 10.0. The lowest BCUT2D eigenvalue weighted by molar-refractivity contribution is 0.00179. The first-order valence-electron chi connectivity index (χ1n) is 9.17. The molecule has 0 amide bonds. The van der Waals surface area contributed by atoms with Crippen LogP contribution < -0.4 is 5.73 Å². The summed E-state index contributed by atoms with van der Waals surface area (Å²) in [4.78, 5) is 5.27. The van der Waals surface area contributed by atoms with Crippen molar-refractivity contribution >= 4 is 0 Å². The Morgan fingerprint density at radius 3 is 2.14 bits per heavy atom. The fourth-order valence-corrected chi connectivity index (χ4v) is 4.56. The fraction of sp³-hybridized carbons (Fsp3) is 1.00. The van der Waals surface area contributed by atoms with Crippen LogP contribution in [-0.4, -0.2) is 54.6 Å². The summed E-state index contributed by atoms with van der Waals surface area (Å²) in [5, 5.41) is 0. The van der Waals surface area contributed by atoms with Gasteiger partial charge in [-0.25, -0.2) is 0 Å². The molecule has 0 aromatic heterocycles. The molecule has 0 spiro atoms. The highest BCUT2D eigenvalue weighted by molar-refractivity contribution is 4.98. The molecule has 3 nitrogen and oxygen atoms in total. The molecule has 1 saturated carbocycles. The molecule has 2 N–H and O–H groups in total. The lowest BCUT2D eigenvalue weighted by Gasteiger charge is -2.51. The van der Waals surface area contributed by atoms with E-state index in [4.69, 9.17) is 5.73 Å². The number of hydrogen-bond acceptors (Lipinski definition) is 3. The van der Waals surface area contributed by atoms with E-state index in [0.29, 0.717) is 0 Å². The minimum Gasteiger partial charge on any atom is -0.329 e. The summed E-state index contributed by atoms with van der Waals surface area (Å²) in [5.74, 6) is 1.75. The Kier molecular flexibility index (Phi) is 6.10. The number of nitrogens with zero attached hydrogens (tertiary/aromatic N) is 2. The second-order valence-corrected chi connectivity index (χ2v) is 7.79. The fourth-order valence-electron chi connectivity index (χ4n) is 4.56. The van der Waals surface area contributed by atoms with E-state index in [0.717, 1.165) is 24.4 Å². The molecule has 124 valence electrons. The van der Waals surface area contributed by atoms with Gasteiger partial charge in [-0.3, -0.25) is 4.90 Å². The highest BCUT2D eigenvalue weighted by Gasteiger charge is 2.41. The molecule has 2 rings (SSSR count). The predicted octanol–water partition coefficient (Wildman–Crippen LogP) is 2.95. The van der Waals surface area contributed by atoms with Crippen LogP contribution in [-0.2, 0) is 0 Å². The van der Waals surface area contributed by atoms with Crippen LogP contribution in [0.5, 0.6) is 0 Å². The second kappa shape index (κ2) is 7.43. The van der Waals surface area contributed by atoms with Crippen molar-refractivity contribution in [1.82, 2.24) is 9.80 Å². The van der Waals surface area contributed by atoms with E-state index < -0.39 is 0 Å². The van der Waals surface area contributed by atoms with E-state index in [1.54, 1.807) is 0 Å². The van der Waals surface area contributed by atoms with Gasteiger partial charge in [0.15, 0.2) is 0 Å². The van der Waals surface area contributed by atoms with Crippen molar-refractivity contribution < 1.29 is 0 Å². The zero-order chi connectivity index (χ0) is 15.5. The summed E-state index contributed by atoms with van der Waals surface area (Å²) in [6.07, 6.45) is 7.98. The van der Waals surface area contributed by atoms with Gasteiger partial charge in [-0.05, 0) is 77.0 Å². The zero-order valence-corrected chi connectivity index (χ0v) is 14.8. The van der Waals surface area contributed by atoms with Crippen LogP contribution in [0.25, 0.3) is 0 Å². The molecule has 0 aromatic carbocycles. The summed E-state index contributed by atoms with van der Waals surface area (Å²) in [5.41, 5.74) is 6.55. The van der Waals surface area contributed by atoms with Crippen LogP contribution in [0.1, 0.15) is 59.3 Å². The normalized spacial score (nSPS) is 33.0. The molecule has 0 atom stereocenters. The van der Waals surface area contributed by atoms with Crippen LogP contribution in [0.4, 0.5) is 0 Å². The van der Waals surface area contributed by atoms with Crippen molar-refractivity contribution in [3.05, 3.63) is 0 Å². The van der Waals surface area contributed by atoms with E-state index in [1.807, 2.05) is 0 Å². The standard InChI is InChI=1S/C18H37N3/c1-5-21-12-8-17(9-13-21)20(4)18(14-19)10-6-16(7-11-18)15(2)3/h15-17H,5-14,19H2,1-4H3. The molecule has 0 radical (unpaired) electrons. The number of piperidine rings is 1. The monoisotopic (exact) mass is 295 g/mol. The van der Waals surface area contributed by atoms with Gasteiger partial charge in [0.05, 0.1) is 0 Å². The van der Waals surface area contributed by atoms with Crippen molar-refractivity contribution in [2.75, 3.05) is 33.2 Å². The molecule has 21 heavy (non-hydrogen) atoms. The Hall–Kier alpha value is -0.120. The second-order valence-electron chi connectivity index (χ2n) is 7.79. The smallest absolute Gasteiger partial charge is 0.0331 e. The van der Waals surface area contributed by atoms with Crippen molar-refractivity contribution in [3.63, 3.8) is 0 Å². The largest absolute Gasteiger partial charge is 0.329 e. The first kappa shape index (κ1) is 17.2. The van der Waals surface area contributed by atoms with Crippen LogP contribution >= 0.6 is 0 Å². The highest BCUT2D eigenvalue weighted by atomic mass is 15.2. The van der Waals surface area contributed by atoms with Gasteiger partial charge in [0.2, 0.25) is 0 Å². The average molecular weight is 296 g/mol. The number of likely N-dealkylation sites (tertiary alicyclic amines) is 1. The molecule has 3 heteroatoms. The van der Waals surface area contributed by atoms with E-state index in [1.165, 1.54) is 58.2 Å². The van der Waals surface area contributed by atoms with Gasteiger partial charge in [-0.2, -0.15) is 0 Å². The lowest BCUT2D eigenvalue weighted by Crippen LogP contribution is -2.59. The Morgan fingerprint density at radius 1 is 1.14 bits per heavy atom. The third kappa shape index (κ3) is 3.80. The minimum atomic E-state index is 0.282. The number of likely N-dealkylation sites (N-methyl/N-ethyl adjacent to an activating group) is 1. The number of hydrogen-bond donors (Lipinski definition) is 1. The van der Waals surface area contributed by atoms with Gasteiger partial charge in [0.25, 0.3) is 0 Å². The number of nitrogens with two attached hydrogens (primary N) is 1. The van der Waals surface area contributed by atoms with E-state index in [9.17, 15) is 0 Å². The summed E-state index contributed by atoms with van der Waals surface area (Å²) in [6.45, 7) is 11.6. The molecule has 1 heterocycles. The third-order valence-electron chi connectivity index (χ3n) is 6.58.